The van der Waals surface area contributed by atoms with Crippen LogP contribution < -0.4 is 10.1 Å². The lowest BCUT2D eigenvalue weighted by Crippen LogP contribution is -2.25. The molecule has 0 spiro atoms. The first-order chi connectivity index (χ1) is 10.1. The fraction of sp³-hybridized carbons (Fsp3) is 0.333. The summed E-state index contributed by atoms with van der Waals surface area (Å²) in [6.45, 7) is 0.597. The van der Waals surface area contributed by atoms with Crippen molar-refractivity contribution in [1.82, 2.24) is 15.1 Å². The molecule has 0 aliphatic heterocycles. The SMILES string of the molecule is COc1cc(Cl)ccc1C(=O)NCCCc1cnn(C)c1. The van der Waals surface area contributed by atoms with Crippen LogP contribution in [0.4, 0.5) is 0 Å². The molecule has 1 aromatic carbocycles. The summed E-state index contributed by atoms with van der Waals surface area (Å²) in [4.78, 5) is 12.1. The van der Waals surface area contributed by atoms with Crippen LogP contribution in [-0.2, 0) is 13.5 Å². The van der Waals surface area contributed by atoms with Gasteiger partial charge < -0.3 is 10.1 Å². The van der Waals surface area contributed by atoms with Crippen molar-refractivity contribution in [2.24, 2.45) is 7.05 Å². The summed E-state index contributed by atoms with van der Waals surface area (Å²) in [5.41, 5.74) is 1.65. The number of aryl methyl sites for hydroxylation is 2. The second-order valence-electron chi connectivity index (χ2n) is 4.73. The summed E-state index contributed by atoms with van der Waals surface area (Å²) in [7, 11) is 3.41. The van der Waals surface area contributed by atoms with Crippen molar-refractivity contribution in [3.8, 4) is 5.75 Å². The van der Waals surface area contributed by atoms with Crippen molar-refractivity contribution in [3.63, 3.8) is 0 Å². The molecular formula is C15H18ClN3O2. The molecule has 1 aromatic heterocycles. The lowest BCUT2D eigenvalue weighted by atomic mass is 10.1. The van der Waals surface area contributed by atoms with E-state index in [1.54, 1.807) is 22.9 Å². The van der Waals surface area contributed by atoms with Gasteiger partial charge in [-0.2, -0.15) is 5.10 Å². The van der Waals surface area contributed by atoms with Gasteiger partial charge in [0.15, 0.2) is 0 Å². The van der Waals surface area contributed by atoms with E-state index in [0.717, 1.165) is 18.4 Å². The average Bonchev–Trinajstić information content (AvgIpc) is 2.88. The lowest BCUT2D eigenvalue weighted by Gasteiger charge is -2.09. The molecular weight excluding hydrogens is 290 g/mol. The number of hydrogen-bond donors (Lipinski definition) is 1. The van der Waals surface area contributed by atoms with Crippen LogP contribution in [0.15, 0.2) is 30.6 Å². The largest absolute Gasteiger partial charge is 0.496 e. The maximum absolute atomic E-state index is 12.1. The fourth-order valence-electron chi connectivity index (χ4n) is 2.04. The van der Waals surface area contributed by atoms with E-state index in [4.69, 9.17) is 16.3 Å². The third-order valence-electron chi connectivity index (χ3n) is 3.09. The van der Waals surface area contributed by atoms with Crippen LogP contribution >= 0.6 is 11.6 Å². The summed E-state index contributed by atoms with van der Waals surface area (Å²) in [6, 6.07) is 4.97. The van der Waals surface area contributed by atoms with Gasteiger partial charge in [-0.1, -0.05) is 11.6 Å². The summed E-state index contributed by atoms with van der Waals surface area (Å²) < 4.78 is 6.94. The molecule has 0 unspecified atom stereocenters. The maximum atomic E-state index is 12.1. The number of methoxy groups -OCH3 is 1. The minimum Gasteiger partial charge on any atom is -0.496 e. The molecule has 6 heteroatoms. The van der Waals surface area contributed by atoms with Crippen LogP contribution in [0.5, 0.6) is 5.75 Å². The molecule has 1 amide bonds. The smallest absolute Gasteiger partial charge is 0.255 e. The van der Waals surface area contributed by atoms with Gasteiger partial charge in [0.2, 0.25) is 0 Å². The van der Waals surface area contributed by atoms with E-state index in [2.05, 4.69) is 10.4 Å². The minimum absolute atomic E-state index is 0.158. The van der Waals surface area contributed by atoms with Crippen molar-refractivity contribution >= 4 is 17.5 Å². The molecule has 112 valence electrons. The van der Waals surface area contributed by atoms with Gasteiger partial charge in [0.05, 0.1) is 18.9 Å². The molecule has 1 heterocycles. The molecule has 0 aliphatic carbocycles. The third-order valence-corrected chi connectivity index (χ3v) is 3.33. The Labute approximate surface area is 128 Å². The number of benzene rings is 1. The number of nitrogens with one attached hydrogen (secondary N) is 1. The Hall–Kier alpha value is -2.01. The third kappa shape index (κ3) is 4.23. The first-order valence-electron chi connectivity index (χ1n) is 6.69. The van der Waals surface area contributed by atoms with E-state index in [9.17, 15) is 4.79 Å². The molecule has 5 nitrogen and oxygen atoms in total. The number of halogens is 1. The van der Waals surface area contributed by atoms with Gasteiger partial charge >= 0.3 is 0 Å². The van der Waals surface area contributed by atoms with Crippen LogP contribution in [0.2, 0.25) is 5.02 Å². The maximum Gasteiger partial charge on any atom is 0.255 e. The number of hydrogen-bond acceptors (Lipinski definition) is 3. The Morgan fingerprint density at radius 2 is 2.29 bits per heavy atom. The zero-order chi connectivity index (χ0) is 15.2. The number of ether oxygens (including phenoxy) is 1. The monoisotopic (exact) mass is 307 g/mol. The number of nitrogens with zero attached hydrogens (tertiary/aromatic N) is 2. The van der Waals surface area contributed by atoms with Crippen molar-refractivity contribution in [1.29, 1.82) is 0 Å². The zero-order valence-electron chi connectivity index (χ0n) is 12.1. The Morgan fingerprint density at radius 3 is 2.95 bits per heavy atom. The molecule has 21 heavy (non-hydrogen) atoms. The predicted octanol–water partition coefficient (Wildman–Crippen LogP) is 2.44. The lowest BCUT2D eigenvalue weighted by molar-refractivity contribution is 0.0950. The molecule has 0 atom stereocenters. The molecule has 0 saturated heterocycles. The van der Waals surface area contributed by atoms with Gasteiger partial charge in [-0.05, 0) is 36.6 Å². The molecule has 2 aromatic rings. The van der Waals surface area contributed by atoms with Crippen LogP contribution in [0.25, 0.3) is 0 Å². The number of amides is 1. The van der Waals surface area contributed by atoms with Crippen molar-refractivity contribution in [2.75, 3.05) is 13.7 Å². The highest BCUT2D eigenvalue weighted by atomic mass is 35.5. The normalized spacial score (nSPS) is 10.4. The molecule has 0 bridgehead atoms. The molecule has 0 aliphatic rings. The summed E-state index contributed by atoms with van der Waals surface area (Å²) in [6.07, 6.45) is 5.55. The predicted molar refractivity (Wildman–Crippen MR) is 81.9 cm³/mol. The first-order valence-corrected chi connectivity index (χ1v) is 7.07. The van der Waals surface area contributed by atoms with Crippen LogP contribution in [0.3, 0.4) is 0 Å². The summed E-state index contributed by atoms with van der Waals surface area (Å²) in [5, 5.41) is 7.53. The van der Waals surface area contributed by atoms with Crippen LogP contribution in [0.1, 0.15) is 22.3 Å². The minimum atomic E-state index is -0.158. The summed E-state index contributed by atoms with van der Waals surface area (Å²) in [5.74, 6) is 0.321. The zero-order valence-corrected chi connectivity index (χ0v) is 12.9. The van der Waals surface area contributed by atoms with Gasteiger partial charge in [-0.15, -0.1) is 0 Å². The van der Waals surface area contributed by atoms with E-state index in [1.807, 2.05) is 19.4 Å². The van der Waals surface area contributed by atoms with Crippen molar-refractivity contribution in [3.05, 3.63) is 46.7 Å². The second-order valence-corrected chi connectivity index (χ2v) is 5.16. The molecule has 1 N–H and O–H groups in total. The number of carbonyl (C=O) groups is 1. The van der Waals surface area contributed by atoms with E-state index in [-0.39, 0.29) is 5.91 Å². The van der Waals surface area contributed by atoms with E-state index >= 15 is 0 Å². The topological polar surface area (TPSA) is 56.1 Å². The van der Waals surface area contributed by atoms with E-state index < -0.39 is 0 Å². The van der Waals surface area contributed by atoms with Crippen molar-refractivity contribution < 1.29 is 9.53 Å². The number of carbonyl (C=O) groups excluding carboxylic acids is 1. The molecule has 0 radical (unpaired) electrons. The van der Waals surface area contributed by atoms with Gasteiger partial charge in [0.1, 0.15) is 5.75 Å². The van der Waals surface area contributed by atoms with Gasteiger partial charge in [-0.3, -0.25) is 9.48 Å². The van der Waals surface area contributed by atoms with Gasteiger partial charge in [0, 0.05) is 24.8 Å². The highest BCUT2D eigenvalue weighted by Crippen LogP contribution is 2.22. The number of rotatable bonds is 6. The second kappa shape index (κ2) is 7.13. The van der Waals surface area contributed by atoms with E-state index in [1.165, 1.54) is 7.11 Å². The van der Waals surface area contributed by atoms with Gasteiger partial charge in [-0.25, -0.2) is 0 Å². The highest BCUT2D eigenvalue weighted by molar-refractivity contribution is 6.30. The highest BCUT2D eigenvalue weighted by Gasteiger charge is 2.11. The molecule has 2 rings (SSSR count). The summed E-state index contributed by atoms with van der Waals surface area (Å²) >= 11 is 5.88. The first kappa shape index (κ1) is 15.4. The van der Waals surface area contributed by atoms with E-state index in [0.29, 0.717) is 22.9 Å². The Morgan fingerprint density at radius 1 is 1.48 bits per heavy atom. The number of aromatic nitrogens is 2. The molecule has 0 saturated carbocycles. The molecule has 0 fully saturated rings. The Kier molecular flexibility index (Phi) is 5.22. The van der Waals surface area contributed by atoms with Crippen LogP contribution in [-0.4, -0.2) is 29.3 Å². The standard InChI is InChI=1S/C15H18ClN3O2/c1-19-10-11(9-18-19)4-3-7-17-15(20)13-6-5-12(16)8-14(13)21-2/h5-6,8-10H,3-4,7H2,1-2H3,(H,17,20). The Balaban J connectivity index is 1.84. The quantitative estimate of drug-likeness (QED) is 0.834. The average molecular weight is 308 g/mol. The fourth-order valence-corrected chi connectivity index (χ4v) is 2.21. The van der Waals surface area contributed by atoms with Gasteiger partial charge in [0.25, 0.3) is 5.91 Å². The Bertz CT molecular complexity index is 625. The van der Waals surface area contributed by atoms with Crippen molar-refractivity contribution in [2.45, 2.75) is 12.8 Å². The van der Waals surface area contributed by atoms with Crippen LogP contribution in [0, 0.1) is 0 Å².